The molecule has 0 amide bonds. The molecule has 0 fully saturated rings. The van der Waals surface area contributed by atoms with Gasteiger partial charge in [0.1, 0.15) is 0 Å². The van der Waals surface area contributed by atoms with Crippen molar-refractivity contribution in [2.24, 2.45) is 11.8 Å². The van der Waals surface area contributed by atoms with Crippen molar-refractivity contribution >= 4 is 0 Å². The molecule has 0 aliphatic rings. The van der Waals surface area contributed by atoms with Gasteiger partial charge in [0, 0.05) is 0 Å². The summed E-state index contributed by atoms with van der Waals surface area (Å²) >= 11 is 0. The van der Waals surface area contributed by atoms with E-state index in [1.165, 1.54) is 6.42 Å². The highest BCUT2D eigenvalue weighted by Gasteiger charge is 1.98. The zero-order chi connectivity index (χ0) is 6.57. The van der Waals surface area contributed by atoms with E-state index in [1.807, 2.05) is 0 Å². The Balaban J connectivity index is 3.23. The lowest BCUT2D eigenvalue weighted by Gasteiger charge is -2.06. The number of hydrogen-bond donors (Lipinski definition) is 0. The van der Waals surface area contributed by atoms with E-state index >= 15 is 0 Å². The molecule has 47 valence electrons. The smallest absolute Gasteiger partial charge is 0.0256 e. The van der Waals surface area contributed by atoms with E-state index in [1.54, 1.807) is 6.08 Å². The summed E-state index contributed by atoms with van der Waals surface area (Å²) in [6, 6.07) is 0. The van der Waals surface area contributed by atoms with Crippen molar-refractivity contribution in [3.05, 3.63) is 12.7 Å². The predicted octanol–water partition coefficient (Wildman–Crippen LogP) is 2.66. The highest BCUT2D eigenvalue weighted by molar-refractivity contribution is 4.72. The van der Waals surface area contributed by atoms with Crippen molar-refractivity contribution in [3.63, 3.8) is 0 Å². The summed E-state index contributed by atoms with van der Waals surface area (Å²) in [4.78, 5) is 0. The standard InChI is InChI=1S/C8H15/c1-5-8(4)6-7(2)3/h1,5,7-8H,6H2,2-4H3. The quantitative estimate of drug-likeness (QED) is 0.525. The van der Waals surface area contributed by atoms with Gasteiger partial charge < -0.3 is 0 Å². The summed E-state index contributed by atoms with van der Waals surface area (Å²) in [5.41, 5.74) is 0. The van der Waals surface area contributed by atoms with E-state index in [-0.39, 0.29) is 0 Å². The molecule has 0 nitrogen and oxygen atoms in total. The van der Waals surface area contributed by atoms with Gasteiger partial charge >= 0.3 is 0 Å². The zero-order valence-corrected chi connectivity index (χ0v) is 6.02. The van der Waals surface area contributed by atoms with Crippen molar-refractivity contribution in [1.29, 1.82) is 0 Å². The van der Waals surface area contributed by atoms with Crippen LogP contribution in [0.5, 0.6) is 0 Å². The third kappa shape index (κ3) is 3.91. The number of rotatable bonds is 3. The minimum Gasteiger partial charge on any atom is -0.0817 e. The Morgan fingerprint density at radius 3 is 2.00 bits per heavy atom. The van der Waals surface area contributed by atoms with E-state index in [9.17, 15) is 0 Å². The third-order valence-electron chi connectivity index (χ3n) is 1.17. The molecule has 0 spiro atoms. The molecule has 0 aromatic heterocycles. The van der Waals surface area contributed by atoms with E-state index < -0.39 is 0 Å². The van der Waals surface area contributed by atoms with Crippen LogP contribution in [-0.4, -0.2) is 0 Å². The first-order chi connectivity index (χ1) is 3.66. The SMILES string of the molecule is [CH]=CC(C)CC(C)C. The number of hydrogen-bond acceptors (Lipinski definition) is 0. The molecule has 1 unspecified atom stereocenters. The lowest BCUT2D eigenvalue weighted by molar-refractivity contribution is 0.503. The molecule has 1 radical (unpaired) electrons. The Bertz CT molecular complexity index is 62.4. The third-order valence-corrected chi connectivity index (χ3v) is 1.17. The number of allylic oxidation sites excluding steroid dienone is 1. The predicted molar refractivity (Wildman–Crippen MR) is 37.5 cm³/mol. The monoisotopic (exact) mass is 111 g/mol. The Hall–Kier alpha value is -0.260. The zero-order valence-electron chi connectivity index (χ0n) is 6.02. The maximum Gasteiger partial charge on any atom is -0.0256 e. The van der Waals surface area contributed by atoms with Crippen LogP contribution in [0.15, 0.2) is 6.08 Å². The highest BCUT2D eigenvalue weighted by atomic mass is 14.0. The minimum absolute atomic E-state index is 0.579. The van der Waals surface area contributed by atoms with Crippen LogP contribution in [0, 0.1) is 18.4 Å². The molecule has 0 heteroatoms. The van der Waals surface area contributed by atoms with Gasteiger partial charge in [-0.25, -0.2) is 0 Å². The average molecular weight is 111 g/mol. The Morgan fingerprint density at radius 2 is 1.88 bits per heavy atom. The maximum absolute atomic E-state index is 5.30. The van der Waals surface area contributed by atoms with Crippen molar-refractivity contribution in [2.75, 3.05) is 0 Å². The fraction of sp³-hybridized carbons (Fsp3) is 0.750. The van der Waals surface area contributed by atoms with Crippen LogP contribution in [0.4, 0.5) is 0 Å². The van der Waals surface area contributed by atoms with Gasteiger partial charge in [-0.1, -0.05) is 33.4 Å². The average Bonchev–Trinajstić information content (AvgIpc) is 1.65. The Morgan fingerprint density at radius 1 is 1.38 bits per heavy atom. The van der Waals surface area contributed by atoms with Crippen LogP contribution >= 0.6 is 0 Å². The van der Waals surface area contributed by atoms with Crippen LogP contribution in [0.2, 0.25) is 0 Å². The molecule has 0 N–H and O–H groups in total. The van der Waals surface area contributed by atoms with Gasteiger partial charge in [0.05, 0.1) is 0 Å². The molecule has 0 saturated heterocycles. The van der Waals surface area contributed by atoms with Gasteiger partial charge in [-0.3, -0.25) is 0 Å². The molecule has 0 aliphatic carbocycles. The normalized spacial score (nSPS) is 14.0. The van der Waals surface area contributed by atoms with Gasteiger partial charge in [0.2, 0.25) is 0 Å². The summed E-state index contributed by atoms with van der Waals surface area (Å²) in [5.74, 6) is 1.35. The topological polar surface area (TPSA) is 0 Å². The van der Waals surface area contributed by atoms with Gasteiger partial charge in [0.15, 0.2) is 0 Å². The second-order valence-electron chi connectivity index (χ2n) is 2.80. The van der Waals surface area contributed by atoms with Crippen molar-refractivity contribution in [3.8, 4) is 0 Å². The first-order valence-electron chi connectivity index (χ1n) is 3.22. The van der Waals surface area contributed by atoms with E-state index in [0.717, 1.165) is 5.92 Å². The fourth-order valence-electron chi connectivity index (χ4n) is 0.822. The molecule has 1 atom stereocenters. The van der Waals surface area contributed by atoms with Gasteiger partial charge in [-0.05, 0) is 18.3 Å². The van der Waals surface area contributed by atoms with Gasteiger partial charge in [0.25, 0.3) is 0 Å². The molecule has 0 rings (SSSR count). The largest absolute Gasteiger partial charge is 0.0817 e. The van der Waals surface area contributed by atoms with Crippen molar-refractivity contribution in [1.82, 2.24) is 0 Å². The molecule has 0 aromatic carbocycles. The summed E-state index contributed by atoms with van der Waals surface area (Å²) < 4.78 is 0. The van der Waals surface area contributed by atoms with Crippen LogP contribution in [0.3, 0.4) is 0 Å². The molecule has 0 saturated carbocycles. The summed E-state index contributed by atoms with van der Waals surface area (Å²) in [6.07, 6.45) is 2.97. The second kappa shape index (κ2) is 3.71. The highest BCUT2D eigenvalue weighted by Crippen LogP contribution is 2.10. The maximum atomic E-state index is 5.30. The first kappa shape index (κ1) is 7.74. The molecule has 0 aromatic rings. The molecular weight excluding hydrogens is 96.1 g/mol. The van der Waals surface area contributed by atoms with Gasteiger partial charge in [-0.15, -0.1) is 0 Å². The summed E-state index contributed by atoms with van der Waals surface area (Å²) in [7, 11) is 0. The van der Waals surface area contributed by atoms with Crippen molar-refractivity contribution < 1.29 is 0 Å². The van der Waals surface area contributed by atoms with Crippen LogP contribution in [-0.2, 0) is 0 Å². The van der Waals surface area contributed by atoms with E-state index in [4.69, 9.17) is 6.58 Å². The second-order valence-corrected chi connectivity index (χ2v) is 2.80. The Labute approximate surface area is 52.6 Å². The molecule has 0 bridgehead atoms. The van der Waals surface area contributed by atoms with Crippen LogP contribution < -0.4 is 0 Å². The lowest BCUT2D eigenvalue weighted by atomic mass is 9.99. The summed E-state index contributed by atoms with van der Waals surface area (Å²) in [5, 5.41) is 0. The minimum atomic E-state index is 0.579. The van der Waals surface area contributed by atoms with Gasteiger partial charge in [-0.2, -0.15) is 0 Å². The molecule has 8 heavy (non-hydrogen) atoms. The molecular formula is C8H15. The molecule has 0 heterocycles. The fourth-order valence-corrected chi connectivity index (χ4v) is 0.822. The first-order valence-corrected chi connectivity index (χ1v) is 3.22. The Kier molecular flexibility index (Phi) is 3.59. The summed E-state index contributed by atoms with van der Waals surface area (Å²) in [6.45, 7) is 11.9. The van der Waals surface area contributed by atoms with Crippen molar-refractivity contribution in [2.45, 2.75) is 27.2 Å². The van der Waals surface area contributed by atoms with Crippen LogP contribution in [0.1, 0.15) is 27.2 Å². The lowest BCUT2D eigenvalue weighted by Crippen LogP contribution is -1.94. The van der Waals surface area contributed by atoms with E-state index in [0.29, 0.717) is 5.92 Å². The van der Waals surface area contributed by atoms with E-state index in [2.05, 4.69) is 20.8 Å². The van der Waals surface area contributed by atoms with Crippen LogP contribution in [0.25, 0.3) is 0 Å². The molecule has 0 aliphatic heterocycles.